The smallest absolute Gasteiger partial charge is 0.128 e. The molecular weight excluding hydrogens is 295 g/mol. The van der Waals surface area contributed by atoms with E-state index < -0.39 is 0 Å². The van der Waals surface area contributed by atoms with Gasteiger partial charge in [-0.05, 0) is 44.1 Å². The van der Waals surface area contributed by atoms with Crippen LogP contribution in [0.15, 0.2) is 22.7 Å². The van der Waals surface area contributed by atoms with Crippen molar-refractivity contribution in [1.29, 1.82) is 0 Å². The summed E-state index contributed by atoms with van der Waals surface area (Å²) in [6.07, 6.45) is 1.06. The second kappa shape index (κ2) is 8.62. The van der Waals surface area contributed by atoms with E-state index in [1.165, 1.54) is 6.07 Å². The average molecular weight is 317 g/mol. The van der Waals surface area contributed by atoms with Gasteiger partial charge in [0.2, 0.25) is 0 Å². The van der Waals surface area contributed by atoms with Gasteiger partial charge in [-0.25, -0.2) is 4.39 Å². The molecule has 2 nitrogen and oxygen atoms in total. The SMILES string of the molecule is CC(C)CNCCCNCc1ccc(Br)cc1F. The summed E-state index contributed by atoms with van der Waals surface area (Å²) in [5.41, 5.74) is 0.716. The molecule has 102 valence electrons. The van der Waals surface area contributed by atoms with Gasteiger partial charge in [0, 0.05) is 16.6 Å². The van der Waals surface area contributed by atoms with Gasteiger partial charge < -0.3 is 10.6 Å². The molecule has 18 heavy (non-hydrogen) atoms. The molecule has 0 spiro atoms. The summed E-state index contributed by atoms with van der Waals surface area (Å²) in [6, 6.07) is 5.18. The van der Waals surface area contributed by atoms with Gasteiger partial charge >= 0.3 is 0 Å². The Bertz CT molecular complexity index is 356. The molecule has 0 aliphatic rings. The molecule has 0 bridgehead atoms. The van der Waals surface area contributed by atoms with Gasteiger partial charge in [0.05, 0.1) is 0 Å². The first-order valence-corrected chi connectivity index (χ1v) is 7.24. The Morgan fingerprint density at radius 2 is 1.94 bits per heavy atom. The molecule has 0 radical (unpaired) electrons. The molecule has 0 aliphatic heterocycles. The Morgan fingerprint density at radius 3 is 2.61 bits per heavy atom. The first kappa shape index (κ1) is 15.6. The number of halogens is 2. The quantitative estimate of drug-likeness (QED) is 0.719. The minimum absolute atomic E-state index is 0.158. The second-order valence-electron chi connectivity index (χ2n) is 4.86. The zero-order valence-corrected chi connectivity index (χ0v) is 12.7. The lowest BCUT2D eigenvalue weighted by atomic mass is 10.2. The van der Waals surface area contributed by atoms with Crippen LogP contribution < -0.4 is 10.6 Å². The van der Waals surface area contributed by atoms with Gasteiger partial charge in [-0.1, -0.05) is 35.8 Å². The average Bonchev–Trinajstić information content (AvgIpc) is 2.30. The van der Waals surface area contributed by atoms with E-state index in [0.717, 1.165) is 30.5 Å². The maximum atomic E-state index is 13.5. The first-order chi connectivity index (χ1) is 8.59. The molecule has 0 aliphatic carbocycles. The van der Waals surface area contributed by atoms with E-state index in [4.69, 9.17) is 0 Å². The summed E-state index contributed by atoms with van der Waals surface area (Å²) >= 11 is 3.25. The lowest BCUT2D eigenvalue weighted by Crippen LogP contribution is -2.24. The second-order valence-corrected chi connectivity index (χ2v) is 5.78. The lowest BCUT2D eigenvalue weighted by molar-refractivity contribution is 0.526. The Balaban J connectivity index is 2.11. The van der Waals surface area contributed by atoms with E-state index in [-0.39, 0.29) is 5.82 Å². The van der Waals surface area contributed by atoms with Crippen LogP contribution in [0.2, 0.25) is 0 Å². The fraction of sp³-hybridized carbons (Fsp3) is 0.571. The van der Waals surface area contributed by atoms with Crippen molar-refractivity contribution in [3.05, 3.63) is 34.1 Å². The van der Waals surface area contributed by atoms with E-state index in [1.54, 1.807) is 0 Å². The van der Waals surface area contributed by atoms with E-state index in [9.17, 15) is 4.39 Å². The third-order valence-electron chi connectivity index (χ3n) is 2.59. The van der Waals surface area contributed by atoms with E-state index in [2.05, 4.69) is 40.4 Å². The van der Waals surface area contributed by atoms with Crippen molar-refractivity contribution in [1.82, 2.24) is 10.6 Å². The van der Waals surface area contributed by atoms with Crippen LogP contribution in [-0.4, -0.2) is 19.6 Å². The van der Waals surface area contributed by atoms with Crippen molar-refractivity contribution in [3.63, 3.8) is 0 Å². The van der Waals surface area contributed by atoms with Gasteiger partial charge in [0.25, 0.3) is 0 Å². The first-order valence-electron chi connectivity index (χ1n) is 6.45. The van der Waals surface area contributed by atoms with Crippen molar-refractivity contribution >= 4 is 15.9 Å². The van der Waals surface area contributed by atoms with Crippen molar-refractivity contribution < 1.29 is 4.39 Å². The van der Waals surface area contributed by atoms with Crippen LogP contribution in [0.4, 0.5) is 4.39 Å². The number of benzene rings is 1. The predicted molar refractivity (Wildman–Crippen MR) is 78.1 cm³/mol. The predicted octanol–water partition coefficient (Wildman–Crippen LogP) is 3.31. The number of hydrogen-bond acceptors (Lipinski definition) is 2. The molecule has 1 aromatic rings. The van der Waals surface area contributed by atoms with Gasteiger partial charge in [-0.15, -0.1) is 0 Å². The van der Waals surface area contributed by atoms with Gasteiger partial charge in [-0.3, -0.25) is 0 Å². The third kappa shape index (κ3) is 6.47. The fourth-order valence-electron chi connectivity index (χ4n) is 1.62. The molecule has 1 aromatic carbocycles. The summed E-state index contributed by atoms with van der Waals surface area (Å²) in [4.78, 5) is 0. The van der Waals surface area contributed by atoms with Gasteiger partial charge in [-0.2, -0.15) is 0 Å². The fourth-order valence-corrected chi connectivity index (χ4v) is 1.95. The summed E-state index contributed by atoms with van der Waals surface area (Å²) in [7, 11) is 0. The highest BCUT2D eigenvalue weighted by atomic mass is 79.9. The Kier molecular flexibility index (Phi) is 7.47. The molecule has 0 fully saturated rings. The zero-order chi connectivity index (χ0) is 13.4. The van der Waals surface area contributed by atoms with Crippen molar-refractivity contribution in [2.75, 3.05) is 19.6 Å². The van der Waals surface area contributed by atoms with Gasteiger partial charge in [0.1, 0.15) is 5.82 Å². The largest absolute Gasteiger partial charge is 0.316 e. The summed E-state index contributed by atoms with van der Waals surface area (Å²) in [5, 5.41) is 6.64. The van der Waals surface area contributed by atoms with Gasteiger partial charge in [0.15, 0.2) is 0 Å². The number of hydrogen-bond donors (Lipinski definition) is 2. The summed E-state index contributed by atoms with van der Waals surface area (Å²) in [5.74, 6) is 0.532. The van der Waals surface area contributed by atoms with Crippen LogP contribution in [0, 0.1) is 11.7 Å². The van der Waals surface area contributed by atoms with Crippen LogP contribution in [-0.2, 0) is 6.54 Å². The van der Waals surface area contributed by atoms with Crippen LogP contribution >= 0.6 is 15.9 Å². The minimum atomic E-state index is -0.158. The monoisotopic (exact) mass is 316 g/mol. The normalized spacial score (nSPS) is 11.2. The van der Waals surface area contributed by atoms with Crippen LogP contribution in [0.5, 0.6) is 0 Å². The molecule has 1 rings (SSSR count). The van der Waals surface area contributed by atoms with E-state index in [1.807, 2.05) is 12.1 Å². The number of nitrogens with one attached hydrogen (secondary N) is 2. The maximum absolute atomic E-state index is 13.5. The van der Waals surface area contributed by atoms with E-state index >= 15 is 0 Å². The highest BCUT2D eigenvalue weighted by molar-refractivity contribution is 9.10. The zero-order valence-electron chi connectivity index (χ0n) is 11.1. The molecule has 4 heteroatoms. The highest BCUT2D eigenvalue weighted by Crippen LogP contribution is 2.14. The molecule has 0 heterocycles. The molecule has 0 aromatic heterocycles. The molecule has 0 amide bonds. The Labute approximate surface area is 117 Å². The molecule has 0 saturated heterocycles. The number of rotatable bonds is 8. The third-order valence-corrected chi connectivity index (χ3v) is 3.08. The Morgan fingerprint density at radius 1 is 1.22 bits per heavy atom. The molecule has 0 unspecified atom stereocenters. The minimum Gasteiger partial charge on any atom is -0.316 e. The lowest BCUT2D eigenvalue weighted by Gasteiger charge is -2.08. The van der Waals surface area contributed by atoms with Crippen LogP contribution in [0.1, 0.15) is 25.8 Å². The standard InChI is InChI=1S/C14H22BrFN2/c1-11(2)9-17-6-3-7-18-10-12-4-5-13(15)8-14(12)16/h4-5,8,11,17-18H,3,6-7,9-10H2,1-2H3. The van der Waals surface area contributed by atoms with Crippen molar-refractivity contribution in [2.24, 2.45) is 5.92 Å². The molecular formula is C14H22BrFN2. The topological polar surface area (TPSA) is 24.1 Å². The molecule has 2 N–H and O–H groups in total. The molecule has 0 atom stereocenters. The highest BCUT2D eigenvalue weighted by Gasteiger charge is 2.01. The Hall–Kier alpha value is -0.450. The van der Waals surface area contributed by atoms with Crippen molar-refractivity contribution in [2.45, 2.75) is 26.8 Å². The van der Waals surface area contributed by atoms with Crippen molar-refractivity contribution in [3.8, 4) is 0 Å². The maximum Gasteiger partial charge on any atom is 0.128 e. The summed E-state index contributed by atoms with van der Waals surface area (Å²) < 4.78 is 14.3. The van der Waals surface area contributed by atoms with E-state index in [0.29, 0.717) is 18.0 Å². The summed E-state index contributed by atoms with van der Waals surface area (Å²) in [6.45, 7) is 7.95. The van der Waals surface area contributed by atoms with Crippen LogP contribution in [0.25, 0.3) is 0 Å². The molecule has 0 saturated carbocycles. The van der Waals surface area contributed by atoms with Crippen LogP contribution in [0.3, 0.4) is 0 Å².